The standard InChI is InChI=1S/C23H21ClN4O2S/c1-13-4-9-19(25-15(3)29)20(10-13)26-22(30)21-11-18-14(2)27-28(23(18)31-21)12-16-5-7-17(24)8-6-16/h4-11H,12H2,1-3H3,(H,25,29)(H,26,30). The average molecular weight is 453 g/mol. The Morgan fingerprint density at radius 3 is 2.48 bits per heavy atom. The van der Waals surface area contributed by atoms with Crippen molar-refractivity contribution < 1.29 is 9.59 Å². The van der Waals surface area contributed by atoms with Crippen molar-refractivity contribution in [1.82, 2.24) is 9.78 Å². The van der Waals surface area contributed by atoms with Crippen LogP contribution in [0.3, 0.4) is 0 Å². The van der Waals surface area contributed by atoms with Crippen LogP contribution in [0.15, 0.2) is 48.5 Å². The molecule has 4 aromatic rings. The topological polar surface area (TPSA) is 76.0 Å². The molecule has 6 nitrogen and oxygen atoms in total. The van der Waals surface area contributed by atoms with Gasteiger partial charge in [-0.15, -0.1) is 11.3 Å². The van der Waals surface area contributed by atoms with E-state index < -0.39 is 0 Å². The van der Waals surface area contributed by atoms with Crippen molar-refractivity contribution in [3.05, 3.63) is 75.3 Å². The third-order valence-corrected chi connectivity index (χ3v) is 6.21. The molecule has 0 aliphatic rings. The largest absolute Gasteiger partial charge is 0.325 e. The number of amides is 2. The molecule has 0 saturated heterocycles. The molecule has 0 saturated carbocycles. The van der Waals surface area contributed by atoms with Gasteiger partial charge < -0.3 is 10.6 Å². The molecular formula is C23H21ClN4O2S. The van der Waals surface area contributed by atoms with Gasteiger partial charge in [-0.3, -0.25) is 14.3 Å². The second kappa shape index (κ2) is 8.53. The Hall–Kier alpha value is -3.16. The molecule has 2 aromatic heterocycles. The quantitative estimate of drug-likeness (QED) is 0.412. The summed E-state index contributed by atoms with van der Waals surface area (Å²) in [5.74, 6) is -0.421. The summed E-state index contributed by atoms with van der Waals surface area (Å²) in [5, 5.41) is 12.0. The van der Waals surface area contributed by atoms with Crippen molar-refractivity contribution in [1.29, 1.82) is 0 Å². The van der Waals surface area contributed by atoms with Gasteiger partial charge in [-0.05, 0) is 55.3 Å². The van der Waals surface area contributed by atoms with Gasteiger partial charge >= 0.3 is 0 Å². The lowest BCUT2D eigenvalue weighted by Gasteiger charge is -2.12. The first kappa shape index (κ1) is 21.1. The van der Waals surface area contributed by atoms with E-state index in [0.29, 0.717) is 27.8 Å². The van der Waals surface area contributed by atoms with Crippen LogP contribution in [0.4, 0.5) is 11.4 Å². The molecule has 2 amide bonds. The molecule has 0 bridgehead atoms. The van der Waals surface area contributed by atoms with Crippen molar-refractivity contribution in [3.63, 3.8) is 0 Å². The third kappa shape index (κ3) is 4.62. The maximum absolute atomic E-state index is 13.0. The van der Waals surface area contributed by atoms with Gasteiger partial charge in [-0.2, -0.15) is 5.10 Å². The third-order valence-electron chi connectivity index (χ3n) is 4.81. The number of aryl methyl sites for hydroxylation is 2. The van der Waals surface area contributed by atoms with E-state index in [0.717, 1.165) is 27.0 Å². The van der Waals surface area contributed by atoms with Gasteiger partial charge in [0.15, 0.2) is 0 Å². The summed E-state index contributed by atoms with van der Waals surface area (Å²) < 4.78 is 1.91. The Labute approximate surface area is 188 Å². The van der Waals surface area contributed by atoms with Crippen molar-refractivity contribution in [2.24, 2.45) is 0 Å². The molecule has 2 N–H and O–H groups in total. The SMILES string of the molecule is CC(=O)Nc1ccc(C)cc1NC(=O)c1cc2c(C)nn(Cc3ccc(Cl)cc3)c2s1. The first-order chi connectivity index (χ1) is 14.8. The van der Waals surface area contributed by atoms with Crippen molar-refractivity contribution in [2.45, 2.75) is 27.3 Å². The number of halogens is 1. The molecule has 2 heterocycles. The van der Waals surface area contributed by atoms with Gasteiger partial charge in [0.25, 0.3) is 5.91 Å². The summed E-state index contributed by atoms with van der Waals surface area (Å²) in [7, 11) is 0. The summed E-state index contributed by atoms with van der Waals surface area (Å²) in [6.45, 7) is 5.90. The molecule has 0 aliphatic heterocycles. The Morgan fingerprint density at radius 1 is 1.03 bits per heavy atom. The Balaban J connectivity index is 1.62. The summed E-state index contributed by atoms with van der Waals surface area (Å²) in [6, 6.07) is 15.0. The zero-order valence-corrected chi connectivity index (χ0v) is 18.9. The second-order valence-corrected chi connectivity index (χ2v) is 8.85. The fourth-order valence-corrected chi connectivity index (χ4v) is 4.52. The Bertz CT molecular complexity index is 1290. The number of anilines is 2. The molecule has 0 aliphatic carbocycles. The molecule has 2 aromatic carbocycles. The van der Waals surface area contributed by atoms with Gasteiger partial charge in [0.2, 0.25) is 5.91 Å². The highest BCUT2D eigenvalue weighted by Crippen LogP contribution is 2.31. The smallest absolute Gasteiger partial charge is 0.265 e. The Morgan fingerprint density at radius 2 is 1.77 bits per heavy atom. The van der Waals surface area contributed by atoms with Crippen LogP contribution in [0, 0.1) is 13.8 Å². The van der Waals surface area contributed by atoms with Crippen molar-refractivity contribution in [2.75, 3.05) is 10.6 Å². The van der Waals surface area contributed by atoms with E-state index in [2.05, 4.69) is 15.7 Å². The lowest BCUT2D eigenvalue weighted by molar-refractivity contribution is -0.114. The number of fused-ring (bicyclic) bond motifs is 1. The van der Waals surface area contributed by atoms with Crippen LogP contribution < -0.4 is 10.6 Å². The summed E-state index contributed by atoms with van der Waals surface area (Å²) >= 11 is 7.37. The van der Waals surface area contributed by atoms with Crippen molar-refractivity contribution in [3.8, 4) is 0 Å². The zero-order chi connectivity index (χ0) is 22.1. The number of nitrogens with zero attached hydrogens (tertiary/aromatic N) is 2. The molecule has 0 radical (unpaired) electrons. The highest BCUT2D eigenvalue weighted by Gasteiger charge is 2.18. The first-order valence-corrected chi connectivity index (χ1v) is 10.9. The van der Waals surface area contributed by atoms with Crippen LogP contribution >= 0.6 is 22.9 Å². The van der Waals surface area contributed by atoms with E-state index in [1.165, 1.54) is 18.3 Å². The highest BCUT2D eigenvalue weighted by molar-refractivity contribution is 7.20. The van der Waals surface area contributed by atoms with E-state index in [4.69, 9.17) is 11.6 Å². The maximum Gasteiger partial charge on any atom is 0.265 e. The lowest BCUT2D eigenvalue weighted by atomic mass is 10.2. The van der Waals surface area contributed by atoms with Crippen LogP contribution in [-0.2, 0) is 11.3 Å². The first-order valence-electron chi connectivity index (χ1n) is 9.71. The number of hydrogen-bond donors (Lipinski definition) is 2. The molecular weight excluding hydrogens is 432 g/mol. The normalized spacial score (nSPS) is 11.0. The number of thiophene rings is 1. The number of benzene rings is 2. The highest BCUT2D eigenvalue weighted by atomic mass is 35.5. The number of rotatable bonds is 5. The van der Waals surface area contributed by atoms with Crippen LogP contribution in [0.5, 0.6) is 0 Å². The average Bonchev–Trinajstić information content (AvgIpc) is 3.27. The summed E-state index contributed by atoms with van der Waals surface area (Å²) in [6.07, 6.45) is 0. The molecule has 0 fully saturated rings. The van der Waals surface area contributed by atoms with Crippen LogP contribution in [0.1, 0.15) is 33.4 Å². The zero-order valence-electron chi connectivity index (χ0n) is 17.3. The molecule has 4 rings (SSSR count). The van der Waals surface area contributed by atoms with Crippen molar-refractivity contribution >= 4 is 56.3 Å². The van der Waals surface area contributed by atoms with Crippen LogP contribution in [-0.4, -0.2) is 21.6 Å². The van der Waals surface area contributed by atoms with Gasteiger partial charge in [0.1, 0.15) is 4.83 Å². The van der Waals surface area contributed by atoms with Gasteiger partial charge in [-0.1, -0.05) is 29.8 Å². The molecule has 0 atom stereocenters. The molecule has 8 heteroatoms. The number of nitrogens with one attached hydrogen (secondary N) is 2. The minimum atomic E-state index is -0.226. The van der Waals surface area contributed by atoms with Gasteiger partial charge in [0, 0.05) is 17.3 Å². The minimum Gasteiger partial charge on any atom is -0.325 e. The predicted octanol–water partition coefficient (Wildman–Crippen LogP) is 5.63. The van der Waals surface area contributed by atoms with E-state index in [1.54, 1.807) is 6.07 Å². The summed E-state index contributed by atoms with van der Waals surface area (Å²) in [5.41, 5.74) is 4.06. The van der Waals surface area contributed by atoms with E-state index in [9.17, 15) is 9.59 Å². The molecule has 0 unspecified atom stereocenters. The van der Waals surface area contributed by atoms with E-state index in [-0.39, 0.29) is 11.8 Å². The van der Waals surface area contributed by atoms with Crippen LogP contribution in [0.25, 0.3) is 10.2 Å². The second-order valence-electron chi connectivity index (χ2n) is 7.38. The maximum atomic E-state index is 13.0. The minimum absolute atomic E-state index is 0.195. The van der Waals surface area contributed by atoms with Crippen LogP contribution in [0.2, 0.25) is 5.02 Å². The van der Waals surface area contributed by atoms with E-state index in [1.807, 2.05) is 61.0 Å². The molecule has 158 valence electrons. The monoisotopic (exact) mass is 452 g/mol. The molecule has 31 heavy (non-hydrogen) atoms. The summed E-state index contributed by atoms with van der Waals surface area (Å²) in [4.78, 5) is 26.0. The fourth-order valence-electron chi connectivity index (χ4n) is 3.34. The predicted molar refractivity (Wildman–Crippen MR) is 126 cm³/mol. The van der Waals surface area contributed by atoms with Gasteiger partial charge in [0.05, 0.1) is 28.5 Å². The number of aromatic nitrogens is 2. The number of carbonyl (C=O) groups is 2. The Kier molecular flexibility index (Phi) is 5.80. The van der Waals surface area contributed by atoms with E-state index >= 15 is 0 Å². The fraction of sp³-hybridized carbons (Fsp3) is 0.174. The number of hydrogen-bond acceptors (Lipinski definition) is 4. The molecule has 0 spiro atoms. The van der Waals surface area contributed by atoms with Gasteiger partial charge in [-0.25, -0.2) is 0 Å². The lowest BCUT2D eigenvalue weighted by Crippen LogP contribution is -2.14. The number of carbonyl (C=O) groups excluding carboxylic acids is 2.